The molecule has 1 aromatic rings. The zero-order valence-electron chi connectivity index (χ0n) is 13.2. The van der Waals surface area contributed by atoms with Gasteiger partial charge in [0.05, 0.1) is 7.11 Å². The van der Waals surface area contributed by atoms with Crippen LogP contribution < -0.4 is 4.74 Å². The smallest absolute Gasteiger partial charge is 0.247 e. The van der Waals surface area contributed by atoms with Crippen molar-refractivity contribution in [1.29, 1.82) is 0 Å². The molecule has 0 saturated carbocycles. The normalized spacial score (nSPS) is 27.3. The topological polar surface area (TPSA) is 49.8 Å². The second-order valence-corrected chi connectivity index (χ2v) is 6.25. The Kier molecular flexibility index (Phi) is 4.21. The number of amides is 1. The zero-order valence-corrected chi connectivity index (χ0v) is 13.2. The number of aliphatic hydroxyl groups is 1. The molecule has 3 unspecified atom stereocenters. The van der Waals surface area contributed by atoms with Gasteiger partial charge < -0.3 is 14.7 Å². The molecule has 4 heteroatoms. The number of carbonyl (C=O) groups is 1. The highest BCUT2D eigenvalue weighted by molar-refractivity contribution is 5.96. The molecular weight excluding hydrogens is 278 g/mol. The maximum Gasteiger partial charge on any atom is 0.247 e. The Morgan fingerprint density at radius 2 is 2.18 bits per heavy atom. The highest BCUT2D eigenvalue weighted by Gasteiger charge is 2.47. The molecule has 1 aromatic carbocycles. The monoisotopic (exact) mass is 301 g/mol. The van der Waals surface area contributed by atoms with E-state index in [1.54, 1.807) is 13.2 Å². The summed E-state index contributed by atoms with van der Waals surface area (Å²) in [7, 11) is 1.64. The lowest BCUT2D eigenvalue weighted by Gasteiger charge is -2.22. The molecule has 22 heavy (non-hydrogen) atoms. The molecule has 3 rings (SSSR count). The summed E-state index contributed by atoms with van der Waals surface area (Å²) < 4.78 is 5.36. The summed E-state index contributed by atoms with van der Waals surface area (Å²) in [5, 5.41) is 9.45. The van der Waals surface area contributed by atoms with Crippen molar-refractivity contribution < 1.29 is 14.6 Å². The fourth-order valence-corrected chi connectivity index (χ4v) is 3.96. The van der Waals surface area contributed by atoms with Gasteiger partial charge in [-0.2, -0.15) is 0 Å². The van der Waals surface area contributed by atoms with E-state index in [1.165, 1.54) is 0 Å². The molecule has 0 spiro atoms. The van der Waals surface area contributed by atoms with Crippen LogP contribution in [0.3, 0.4) is 0 Å². The summed E-state index contributed by atoms with van der Waals surface area (Å²) in [4.78, 5) is 14.7. The molecule has 2 saturated heterocycles. The van der Waals surface area contributed by atoms with E-state index in [4.69, 9.17) is 4.74 Å². The van der Waals surface area contributed by atoms with Gasteiger partial charge in [0.15, 0.2) is 0 Å². The Balaban J connectivity index is 1.81. The number of benzene rings is 1. The predicted molar refractivity (Wildman–Crippen MR) is 85.5 cm³/mol. The highest BCUT2D eigenvalue weighted by atomic mass is 16.5. The molecule has 2 bridgehead atoms. The molecular formula is C18H23NO3. The lowest BCUT2D eigenvalue weighted by molar-refractivity contribution is -0.127. The van der Waals surface area contributed by atoms with Gasteiger partial charge in [-0.15, -0.1) is 0 Å². The van der Waals surface area contributed by atoms with Gasteiger partial charge >= 0.3 is 0 Å². The number of para-hydroxylation sites is 1. The van der Waals surface area contributed by atoms with Crippen LogP contribution in [-0.2, 0) is 4.79 Å². The Labute approximate surface area is 131 Å². The first-order valence-corrected chi connectivity index (χ1v) is 7.90. The van der Waals surface area contributed by atoms with Gasteiger partial charge in [0, 0.05) is 36.2 Å². The number of methoxy groups -OCH3 is 1. The van der Waals surface area contributed by atoms with Crippen molar-refractivity contribution in [3.8, 4) is 5.75 Å². The molecule has 0 aliphatic carbocycles. The van der Waals surface area contributed by atoms with Crippen LogP contribution in [0.25, 0.3) is 5.57 Å². The van der Waals surface area contributed by atoms with Crippen molar-refractivity contribution in [1.82, 2.24) is 4.90 Å². The Morgan fingerprint density at radius 1 is 1.41 bits per heavy atom. The number of ether oxygens (including phenoxy) is 1. The van der Waals surface area contributed by atoms with Crippen LogP contribution in [0, 0.1) is 5.92 Å². The number of carbonyl (C=O) groups excluding carboxylic acids is 1. The van der Waals surface area contributed by atoms with Gasteiger partial charge in [-0.05, 0) is 37.8 Å². The van der Waals surface area contributed by atoms with Gasteiger partial charge in [0.2, 0.25) is 5.91 Å². The first-order chi connectivity index (χ1) is 10.7. The van der Waals surface area contributed by atoms with Crippen LogP contribution in [0.4, 0.5) is 0 Å². The molecule has 118 valence electrons. The first kappa shape index (κ1) is 15.1. The van der Waals surface area contributed by atoms with Crippen LogP contribution in [-0.4, -0.2) is 41.7 Å². The maximum absolute atomic E-state index is 12.7. The third-order valence-electron chi connectivity index (χ3n) is 5.03. The maximum atomic E-state index is 12.7. The Bertz CT molecular complexity index is 596. The third kappa shape index (κ3) is 2.52. The first-order valence-electron chi connectivity index (χ1n) is 7.90. The number of nitrogens with zero attached hydrogens (tertiary/aromatic N) is 1. The van der Waals surface area contributed by atoms with E-state index in [0.717, 1.165) is 36.1 Å². The van der Waals surface area contributed by atoms with Gasteiger partial charge in [-0.1, -0.05) is 18.2 Å². The van der Waals surface area contributed by atoms with Crippen LogP contribution >= 0.6 is 0 Å². The summed E-state index contributed by atoms with van der Waals surface area (Å²) >= 11 is 0. The number of hydrogen-bond acceptors (Lipinski definition) is 3. The van der Waals surface area contributed by atoms with Gasteiger partial charge in [0.25, 0.3) is 0 Å². The fourth-order valence-electron chi connectivity index (χ4n) is 3.96. The molecule has 0 aromatic heterocycles. The third-order valence-corrected chi connectivity index (χ3v) is 5.03. The number of allylic oxidation sites excluding steroid dienone is 1. The minimum atomic E-state index is 0.0619. The fraction of sp³-hybridized carbons (Fsp3) is 0.500. The highest BCUT2D eigenvalue weighted by Crippen LogP contribution is 2.41. The van der Waals surface area contributed by atoms with E-state index in [-0.39, 0.29) is 24.5 Å². The summed E-state index contributed by atoms with van der Waals surface area (Å²) in [6, 6.07) is 8.25. The van der Waals surface area contributed by atoms with Crippen molar-refractivity contribution in [2.24, 2.45) is 5.92 Å². The van der Waals surface area contributed by atoms with E-state index < -0.39 is 0 Å². The van der Waals surface area contributed by atoms with Crippen molar-refractivity contribution in [2.45, 2.75) is 38.3 Å². The summed E-state index contributed by atoms with van der Waals surface area (Å²) in [5.74, 6) is 1.09. The van der Waals surface area contributed by atoms with Crippen molar-refractivity contribution in [3.05, 3.63) is 35.9 Å². The number of hydrogen-bond donors (Lipinski definition) is 1. The molecule has 0 radical (unpaired) electrons. The standard InChI is InChI=1S/C18H23NO3/c1-12(15-5-3-4-6-17(15)22-2)9-18(21)19-14-7-8-16(19)13(10-14)11-20/h3-6,9,13-14,16,20H,7-8,10-11H2,1-2H3. The molecule has 2 fully saturated rings. The van der Waals surface area contributed by atoms with E-state index in [1.807, 2.05) is 36.1 Å². The lowest BCUT2D eigenvalue weighted by Crippen LogP contribution is -2.36. The van der Waals surface area contributed by atoms with Crippen molar-refractivity contribution >= 4 is 11.5 Å². The molecule has 3 atom stereocenters. The van der Waals surface area contributed by atoms with Crippen LogP contribution in [0.2, 0.25) is 0 Å². The molecule has 2 aliphatic rings. The Morgan fingerprint density at radius 3 is 2.86 bits per heavy atom. The summed E-state index contributed by atoms with van der Waals surface area (Å²) in [6.45, 7) is 2.12. The summed E-state index contributed by atoms with van der Waals surface area (Å²) in [6.07, 6.45) is 4.73. The van der Waals surface area contributed by atoms with E-state index in [0.29, 0.717) is 6.04 Å². The quantitative estimate of drug-likeness (QED) is 0.869. The van der Waals surface area contributed by atoms with Crippen LogP contribution in [0.5, 0.6) is 5.75 Å². The lowest BCUT2D eigenvalue weighted by atomic mass is 9.90. The van der Waals surface area contributed by atoms with Gasteiger partial charge in [-0.25, -0.2) is 0 Å². The van der Waals surface area contributed by atoms with E-state index in [2.05, 4.69) is 0 Å². The van der Waals surface area contributed by atoms with Crippen LogP contribution in [0.15, 0.2) is 30.3 Å². The summed E-state index contributed by atoms with van der Waals surface area (Å²) in [5.41, 5.74) is 1.86. The Hall–Kier alpha value is -1.81. The zero-order chi connectivity index (χ0) is 15.7. The molecule has 1 amide bonds. The molecule has 2 heterocycles. The number of aliphatic hydroxyl groups excluding tert-OH is 1. The van der Waals surface area contributed by atoms with Gasteiger partial charge in [-0.3, -0.25) is 4.79 Å². The molecule has 2 aliphatic heterocycles. The average molecular weight is 301 g/mol. The average Bonchev–Trinajstić information content (AvgIpc) is 3.12. The van der Waals surface area contributed by atoms with E-state index >= 15 is 0 Å². The second-order valence-electron chi connectivity index (χ2n) is 6.25. The largest absolute Gasteiger partial charge is 0.496 e. The van der Waals surface area contributed by atoms with Crippen molar-refractivity contribution in [2.75, 3.05) is 13.7 Å². The van der Waals surface area contributed by atoms with Crippen LogP contribution in [0.1, 0.15) is 31.7 Å². The minimum absolute atomic E-state index is 0.0619. The molecule has 1 N–H and O–H groups in total. The van der Waals surface area contributed by atoms with Crippen molar-refractivity contribution in [3.63, 3.8) is 0 Å². The number of fused-ring (bicyclic) bond motifs is 2. The van der Waals surface area contributed by atoms with E-state index in [9.17, 15) is 9.90 Å². The van der Waals surface area contributed by atoms with Gasteiger partial charge in [0.1, 0.15) is 5.75 Å². The second kappa shape index (κ2) is 6.13. The number of rotatable bonds is 4. The minimum Gasteiger partial charge on any atom is -0.496 e. The predicted octanol–water partition coefficient (Wildman–Crippen LogP) is 2.47. The SMILES string of the molecule is COc1ccccc1C(C)=CC(=O)N1C2CCC1C(CO)C2. The molecule has 4 nitrogen and oxygen atoms in total.